The van der Waals surface area contributed by atoms with Crippen molar-refractivity contribution in [1.29, 1.82) is 0 Å². The van der Waals surface area contributed by atoms with Gasteiger partial charge in [0, 0.05) is 22.5 Å². The van der Waals surface area contributed by atoms with Crippen LogP contribution in [0.2, 0.25) is 0 Å². The molecule has 0 radical (unpaired) electrons. The smallest absolute Gasteiger partial charge is 0.177 e. The van der Waals surface area contributed by atoms with Crippen LogP contribution < -0.4 is 5.32 Å². The van der Waals surface area contributed by atoms with Gasteiger partial charge in [-0.3, -0.25) is 0 Å². The molecule has 6 heteroatoms. The van der Waals surface area contributed by atoms with Crippen molar-refractivity contribution in [3.8, 4) is 11.3 Å². The van der Waals surface area contributed by atoms with Crippen LogP contribution in [0.5, 0.6) is 0 Å². The number of aromatic nitrogens is 4. The molecule has 0 amide bonds. The second kappa shape index (κ2) is 5.20. The summed E-state index contributed by atoms with van der Waals surface area (Å²) in [6.07, 6.45) is 1.09. The topological polar surface area (TPSA) is 55.1 Å². The summed E-state index contributed by atoms with van der Waals surface area (Å²) < 4.78 is 2.95. The molecule has 106 valence electrons. The first-order valence-electron chi connectivity index (χ1n) is 7.00. The van der Waals surface area contributed by atoms with Crippen molar-refractivity contribution in [1.82, 2.24) is 25.1 Å². The van der Waals surface area contributed by atoms with Gasteiger partial charge in [-0.1, -0.05) is 28.1 Å². The molecule has 1 fully saturated rings. The highest BCUT2D eigenvalue weighted by molar-refractivity contribution is 9.10. The van der Waals surface area contributed by atoms with Crippen LogP contribution in [0.25, 0.3) is 16.9 Å². The van der Waals surface area contributed by atoms with Crippen LogP contribution in [0.3, 0.4) is 0 Å². The van der Waals surface area contributed by atoms with Crippen LogP contribution in [-0.4, -0.2) is 32.9 Å². The summed E-state index contributed by atoms with van der Waals surface area (Å²) in [6.45, 7) is 1.98. The first-order valence-corrected chi connectivity index (χ1v) is 7.79. The molecule has 1 aliphatic heterocycles. The average Bonchev–Trinajstić information content (AvgIpc) is 3.16. The molecule has 1 aromatic carbocycles. The van der Waals surface area contributed by atoms with Crippen LogP contribution in [0.4, 0.5) is 0 Å². The minimum absolute atomic E-state index is 0.396. The standard InChI is InChI=1S/C15H14BrN5/c16-12-3-1-10(2-4-12)13-5-6-14-18-19-15(21(14)20-13)11-7-8-17-9-11/h1-6,11,17H,7-9H2. The van der Waals surface area contributed by atoms with E-state index in [1.807, 2.05) is 28.8 Å². The van der Waals surface area contributed by atoms with E-state index < -0.39 is 0 Å². The largest absolute Gasteiger partial charge is 0.316 e. The zero-order chi connectivity index (χ0) is 14.2. The Hall–Kier alpha value is -1.79. The lowest BCUT2D eigenvalue weighted by atomic mass is 10.1. The van der Waals surface area contributed by atoms with Crippen molar-refractivity contribution in [3.05, 3.63) is 46.7 Å². The maximum atomic E-state index is 4.73. The molecule has 1 saturated heterocycles. The number of hydrogen-bond acceptors (Lipinski definition) is 4. The summed E-state index contributed by atoms with van der Waals surface area (Å²) in [4.78, 5) is 0. The zero-order valence-electron chi connectivity index (χ0n) is 11.3. The van der Waals surface area contributed by atoms with E-state index >= 15 is 0 Å². The molecule has 1 atom stereocenters. The van der Waals surface area contributed by atoms with Crippen LogP contribution in [0.15, 0.2) is 40.9 Å². The minimum atomic E-state index is 0.396. The molecule has 3 heterocycles. The predicted molar refractivity (Wildman–Crippen MR) is 84.1 cm³/mol. The average molecular weight is 344 g/mol. The molecular formula is C15H14BrN5. The summed E-state index contributed by atoms with van der Waals surface area (Å²) in [5.41, 5.74) is 2.82. The van der Waals surface area contributed by atoms with Crippen LogP contribution in [-0.2, 0) is 0 Å². The van der Waals surface area contributed by atoms with Gasteiger partial charge in [0.25, 0.3) is 0 Å². The van der Waals surface area contributed by atoms with Gasteiger partial charge in [0.05, 0.1) is 5.69 Å². The fourth-order valence-corrected chi connectivity index (χ4v) is 2.97. The normalized spacial score (nSPS) is 18.4. The van der Waals surface area contributed by atoms with E-state index in [9.17, 15) is 0 Å². The molecule has 0 bridgehead atoms. The van der Waals surface area contributed by atoms with E-state index in [2.05, 4.69) is 43.6 Å². The zero-order valence-corrected chi connectivity index (χ0v) is 12.9. The second-order valence-electron chi connectivity index (χ2n) is 5.24. The Bertz CT molecular complexity index is 774. The van der Waals surface area contributed by atoms with Gasteiger partial charge < -0.3 is 5.32 Å². The maximum Gasteiger partial charge on any atom is 0.177 e. The van der Waals surface area contributed by atoms with Crippen LogP contribution in [0.1, 0.15) is 18.2 Å². The molecule has 0 spiro atoms. The number of nitrogens with one attached hydrogen (secondary N) is 1. The Labute approximate surface area is 130 Å². The van der Waals surface area contributed by atoms with E-state index in [-0.39, 0.29) is 0 Å². The molecule has 0 aliphatic carbocycles. The lowest BCUT2D eigenvalue weighted by molar-refractivity contribution is 0.668. The molecule has 0 saturated carbocycles. The molecule has 4 rings (SSSR count). The maximum absolute atomic E-state index is 4.73. The number of hydrogen-bond donors (Lipinski definition) is 1. The fourth-order valence-electron chi connectivity index (χ4n) is 2.71. The van der Waals surface area contributed by atoms with Gasteiger partial charge in [0.15, 0.2) is 11.5 Å². The second-order valence-corrected chi connectivity index (χ2v) is 6.16. The summed E-state index contributed by atoms with van der Waals surface area (Å²) in [6, 6.07) is 12.1. The summed E-state index contributed by atoms with van der Waals surface area (Å²) in [7, 11) is 0. The van der Waals surface area contributed by atoms with Crippen molar-refractivity contribution >= 4 is 21.6 Å². The van der Waals surface area contributed by atoms with Gasteiger partial charge in [-0.05, 0) is 37.2 Å². The first kappa shape index (κ1) is 12.9. The molecule has 21 heavy (non-hydrogen) atoms. The monoisotopic (exact) mass is 343 g/mol. The Morgan fingerprint density at radius 1 is 1.10 bits per heavy atom. The number of nitrogens with zero attached hydrogens (tertiary/aromatic N) is 4. The van der Waals surface area contributed by atoms with Gasteiger partial charge in [0.1, 0.15) is 0 Å². The minimum Gasteiger partial charge on any atom is -0.316 e. The quantitative estimate of drug-likeness (QED) is 0.777. The summed E-state index contributed by atoms with van der Waals surface area (Å²) in [5.74, 6) is 1.35. The van der Waals surface area contributed by atoms with E-state index in [0.29, 0.717) is 5.92 Å². The highest BCUT2D eigenvalue weighted by Gasteiger charge is 2.22. The molecule has 1 aliphatic rings. The molecule has 1 N–H and O–H groups in total. The highest BCUT2D eigenvalue weighted by atomic mass is 79.9. The van der Waals surface area contributed by atoms with Gasteiger partial charge in [-0.25, -0.2) is 0 Å². The van der Waals surface area contributed by atoms with Crippen LogP contribution in [0, 0.1) is 0 Å². The SMILES string of the molecule is Brc1ccc(-c2ccc3nnc(C4CCNC4)n3n2)cc1. The van der Waals surface area contributed by atoms with Crippen molar-refractivity contribution in [3.63, 3.8) is 0 Å². The first-order chi connectivity index (χ1) is 10.3. The Balaban J connectivity index is 1.80. The van der Waals surface area contributed by atoms with Gasteiger partial charge in [-0.2, -0.15) is 9.61 Å². The van der Waals surface area contributed by atoms with E-state index in [4.69, 9.17) is 5.10 Å². The lowest BCUT2D eigenvalue weighted by Crippen LogP contribution is -2.11. The Kier molecular flexibility index (Phi) is 3.20. The molecule has 1 unspecified atom stereocenters. The van der Waals surface area contributed by atoms with Crippen LogP contribution >= 0.6 is 15.9 Å². The van der Waals surface area contributed by atoms with Crippen molar-refractivity contribution in [2.24, 2.45) is 0 Å². The number of benzene rings is 1. The molecule has 5 nitrogen and oxygen atoms in total. The summed E-state index contributed by atoms with van der Waals surface area (Å²) >= 11 is 3.46. The molecule has 2 aromatic heterocycles. The predicted octanol–water partition coefficient (Wildman–Crippen LogP) is 2.63. The third kappa shape index (κ3) is 2.34. The molecule has 3 aromatic rings. The van der Waals surface area contributed by atoms with E-state index in [0.717, 1.165) is 46.7 Å². The van der Waals surface area contributed by atoms with Gasteiger partial charge >= 0.3 is 0 Å². The third-order valence-electron chi connectivity index (χ3n) is 3.85. The van der Waals surface area contributed by atoms with Gasteiger partial charge in [-0.15, -0.1) is 10.2 Å². The lowest BCUT2D eigenvalue weighted by Gasteiger charge is -2.07. The fraction of sp³-hybridized carbons (Fsp3) is 0.267. The highest BCUT2D eigenvalue weighted by Crippen LogP contribution is 2.23. The van der Waals surface area contributed by atoms with Crippen molar-refractivity contribution in [2.75, 3.05) is 13.1 Å². The van der Waals surface area contributed by atoms with E-state index in [1.54, 1.807) is 0 Å². The summed E-state index contributed by atoms with van der Waals surface area (Å²) in [5, 5.41) is 16.6. The number of rotatable bonds is 2. The van der Waals surface area contributed by atoms with E-state index in [1.165, 1.54) is 0 Å². The Morgan fingerprint density at radius 2 is 1.95 bits per heavy atom. The third-order valence-corrected chi connectivity index (χ3v) is 4.38. The van der Waals surface area contributed by atoms with Gasteiger partial charge in [0.2, 0.25) is 0 Å². The van der Waals surface area contributed by atoms with Crippen molar-refractivity contribution < 1.29 is 0 Å². The van der Waals surface area contributed by atoms with Crippen molar-refractivity contribution in [2.45, 2.75) is 12.3 Å². The number of halogens is 1. The molecular weight excluding hydrogens is 330 g/mol. The Morgan fingerprint density at radius 3 is 2.71 bits per heavy atom. The number of fused-ring (bicyclic) bond motifs is 1.